The van der Waals surface area contributed by atoms with Crippen molar-refractivity contribution in [2.24, 2.45) is 0 Å². The summed E-state index contributed by atoms with van der Waals surface area (Å²) in [5.41, 5.74) is 7.62. The van der Waals surface area contributed by atoms with Gasteiger partial charge in [-0.15, -0.1) is 0 Å². The van der Waals surface area contributed by atoms with Crippen LogP contribution in [-0.2, 0) is 0 Å². The molecule has 0 bridgehead atoms. The third kappa shape index (κ3) is 3.16. The number of rotatable bonds is 2. The lowest BCUT2D eigenvalue weighted by atomic mass is 9.93. The fourth-order valence-corrected chi connectivity index (χ4v) is 4.72. The normalized spacial score (nSPS) is 11.4. The zero-order valence-electron chi connectivity index (χ0n) is 18.4. The number of fused-ring (bicyclic) bond motifs is 5. The molecule has 6 aromatic carbocycles. The van der Waals surface area contributed by atoms with E-state index in [0.717, 1.165) is 0 Å². The summed E-state index contributed by atoms with van der Waals surface area (Å²) >= 11 is 0. The second kappa shape index (κ2) is 7.35. The molecule has 0 heterocycles. The van der Waals surface area contributed by atoms with Gasteiger partial charge in [-0.1, -0.05) is 108 Å². The van der Waals surface area contributed by atoms with Crippen LogP contribution in [0.5, 0.6) is 0 Å². The first-order valence-corrected chi connectivity index (χ1v) is 11.2. The Bertz CT molecular complexity index is 1480. The van der Waals surface area contributed by atoms with Gasteiger partial charge in [0.15, 0.2) is 0 Å². The highest BCUT2D eigenvalue weighted by Crippen LogP contribution is 2.35. The maximum Gasteiger partial charge on any atom is -0.00987 e. The smallest absolute Gasteiger partial charge is 0.00987 e. The zero-order valence-corrected chi connectivity index (χ0v) is 18.4. The number of benzene rings is 6. The molecule has 0 spiro atoms. The third-order valence-electron chi connectivity index (χ3n) is 6.61. The van der Waals surface area contributed by atoms with Crippen molar-refractivity contribution in [1.29, 1.82) is 0 Å². The van der Waals surface area contributed by atoms with E-state index in [1.807, 2.05) is 0 Å². The van der Waals surface area contributed by atoms with Crippen molar-refractivity contribution in [2.45, 2.75) is 13.8 Å². The molecule has 0 heteroatoms. The quantitative estimate of drug-likeness (QED) is 0.251. The topological polar surface area (TPSA) is 0 Å². The summed E-state index contributed by atoms with van der Waals surface area (Å²) in [6, 6.07) is 40.3. The van der Waals surface area contributed by atoms with Gasteiger partial charge in [0, 0.05) is 0 Å². The number of aryl methyl sites for hydroxylation is 2. The maximum absolute atomic E-state index is 2.35. The van der Waals surface area contributed by atoms with Gasteiger partial charge >= 0.3 is 0 Å². The standard InChI is InChI=1S/C32H24/c1-21-3-7-23(8-4-21)27-13-11-25-15-18-30-29(31(25)19-27)17-16-26-12-14-28(20-32(26)30)24-9-5-22(2)6-10-24/h3-20H,1-2H3. The Morgan fingerprint density at radius 1 is 0.312 bits per heavy atom. The van der Waals surface area contributed by atoms with Crippen LogP contribution in [0.2, 0.25) is 0 Å². The van der Waals surface area contributed by atoms with Crippen molar-refractivity contribution < 1.29 is 0 Å². The van der Waals surface area contributed by atoms with E-state index in [2.05, 4.69) is 123 Å². The molecule has 6 rings (SSSR count). The first kappa shape index (κ1) is 18.8. The van der Waals surface area contributed by atoms with Crippen LogP contribution in [0, 0.1) is 13.8 Å². The zero-order chi connectivity index (χ0) is 21.7. The van der Waals surface area contributed by atoms with Crippen molar-refractivity contribution in [3.05, 3.63) is 120 Å². The van der Waals surface area contributed by atoms with Gasteiger partial charge < -0.3 is 0 Å². The first-order valence-electron chi connectivity index (χ1n) is 11.2. The highest BCUT2D eigenvalue weighted by molar-refractivity contribution is 6.18. The van der Waals surface area contributed by atoms with Crippen molar-refractivity contribution in [2.75, 3.05) is 0 Å². The Hall–Kier alpha value is -3.90. The fourth-order valence-electron chi connectivity index (χ4n) is 4.72. The second-order valence-corrected chi connectivity index (χ2v) is 8.83. The van der Waals surface area contributed by atoms with Gasteiger partial charge in [0.1, 0.15) is 0 Å². The van der Waals surface area contributed by atoms with Crippen LogP contribution >= 0.6 is 0 Å². The molecule has 0 unspecified atom stereocenters. The van der Waals surface area contributed by atoms with Gasteiger partial charge in [0.05, 0.1) is 0 Å². The molecule has 0 amide bonds. The van der Waals surface area contributed by atoms with E-state index in [9.17, 15) is 0 Å². The summed E-state index contributed by atoms with van der Waals surface area (Å²) in [7, 11) is 0. The molecule has 0 nitrogen and oxygen atoms in total. The van der Waals surface area contributed by atoms with Crippen molar-refractivity contribution >= 4 is 32.3 Å². The van der Waals surface area contributed by atoms with Gasteiger partial charge in [-0.2, -0.15) is 0 Å². The molecule has 32 heavy (non-hydrogen) atoms. The molecule has 6 aromatic rings. The van der Waals surface area contributed by atoms with Crippen LogP contribution in [0.4, 0.5) is 0 Å². The van der Waals surface area contributed by atoms with Crippen LogP contribution < -0.4 is 0 Å². The molecule has 0 radical (unpaired) electrons. The van der Waals surface area contributed by atoms with Gasteiger partial charge in [0.25, 0.3) is 0 Å². The van der Waals surface area contributed by atoms with Crippen LogP contribution in [0.25, 0.3) is 54.6 Å². The first-order chi connectivity index (χ1) is 15.7. The van der Waals surface area contributed by atoms with E-state index in [1.54, 1.807) is 0 Å². The summed E-state index contributed by atoms with van der Waals surface area (Å²) in [5, 5.41) is 7.80. The molecule has 0 fully saturated rings. The van der Waals surface area contributed by atoms with E-state index < -0.39 is 0 Å². The van der Waals surface area contributed by atoms with Gasteiger partial charge in [-0.05, 0) is 80.6 Å². The minimum Gasteiger partial charge on any atom is -0.0587 e. The van der Waals surface area contributed by atoms with Crippen LogP contribution in [0.3, 0.4) is 0 Å². The molecule has 152 valence electrons. The molecule has 0 aliphatic carbocycles. The second-order valence-electron chi connectivity index (χ2n) is 8.83. The van der Waals surface area contributed by atoms with Gasteiger partial charge in [-0.3, -0.25) is 0 Å². The summed E-state index contributed by atoms with van der Waals surface area (Å²) < 4.78 is 0. The lowest BCUT2D eigenvalue weighted by molar-refractivity contribution is 1.47. The van der Waals surface area contributed by atoms with Gasteiger partial charge in [0.2, 0.25) is 0 Å². The van der Waals surface area contributed by atoms with E-state index >= 15 is 0 Å². The van der Waals surface area contributed by atoms with Crippen molar-refractivity contribution in [3.8, 4) is 22.3 Å². The molecule has 0 N–H and O–H groups in total. The SMILES string of the molecule is Cc1ccc(-c2ccc3ccc4c5cc(-c6ccc(C)cc6)ccc5ccc4c3c2)cc1. The predicted octanol–water partition coefficient (Wildman–Crippen LogP) is 9.10. The maximum atomic E-state index is 2.35. The number of hydrogen-bond donors (Lipinski definition) is 0. The summed E-state index contributed by atoms with van der Waals surface area (Å²) in [6.45, 7) is 4.27. The van der Waals surface area contributed by atoms with Crippen LogP contribution in [0.15, 0.2) is 109 Å². The average molecular weight is 409 g/mol. The minimum atomic E-state index is 1.26. The predicted molar refractivity (Wildman–Crippen MR) is 139 cm³/mol. The Labute approximate surface area is 188 Å². The Morgan fingerprint density at radius 2 is 0.656 bits per heavy atom. The highest BCUT2D eigenvalue weighted by atomic mass is 14.1. The van der Waals surface area contributed by atoms with E-state index in [1.165, 1.54) is 65.7 Å². The lowest BCUT2D eigenvalue weighted by Gasteiger charge is -2.11. The molecular formula is C32H24. The van der Waals surface area contributed by atoms with Crippen molar-refractivity contribution in [1.82, 2.24) is 0 Å². The summed E-state index contributed by atoms with van der Waals surface area (Å²) in [4.78, 5) is 0. The molecule has 0 aromatic heterocycles. The minimum absolute atomic E-state index is 1.26. The van der Waals surface area contributed by atoms with E-state index in [0.29, 0.717) is 0 Å². The Morgan fingerprint density at radius 3 is 1.06 bits per heavy atom. The molecule has 0 aliphatic rings. The molecule has 0 atom stereocenters. The number of hydrogen-bond acceptors (Lipinski definition) is 0. The average Bonchev–Trinajstić information content (AvgIpc) is 2.84. The van der Waals surface area contributed by atoms with Crippen LogP contribution in [-0.4, -0.2) is 0 Å². The summed E-state index contributed by atoms with van der Waals surface area (Å²) in [6.07, 6.45) is 0. The van der Waals surface area contributed by atoms with E-state index in [-0.39, 0.29) is 0 Å². The van der Waals surface area contributed by atoms with E-state index in [4.69, 9.17) is 0 Å². The molecule has 0 saturated heterocycles. The molecular weight excluding hydrogens is 384 g/mol. The lowest BCUT2D eigenvalue weighted by Crippen LogP contribution is -1.85. The van der Waals surface area contributed by atoms with Crippen molar-refractivity contribution in [3.63, 3.8) is 0 Å². The van der Waals surface area contributed by atoms with Gasteiger partial charge in [-0.25, -0.2) is 0 Å². The third-order valence-corrected chi connectivity index (χ3v) is 6.61. The Kier molecular flexibility index (Phi) is 4.33. The molecule has 0 aliphatic heterocycles. The van der Waals surface area contributed by atoms with Crippen LogP contribution in [0.1, 0.15) is 11.1 Å². The molecule has 0 saturated carbocycles. The fraction of sp³-hybridized carbons (Fsp3) is 0.0625. The highest BCUT2D eigenvalue weighted by Gasteiger charge is 2.08. The summed E-state index contributed by atoms with van der Waals surface area (Å²) in [5.74, 6) is 0. The largest absolute Gasteiger partial charge is 0.0587 e. The monoisotopic (exact) mass is 408 g/mol. The Balaban J connectivity index is 1.58.